The minimum absolute atomic E-state index is 0.0364. The molecule has 3 aromatic rings. The molecule has 6 heteroatoms. The molecule has 2 atom stereocenters. The lowest BCUT2D eigenvalue weighted by atomic mass is 9.96. The highest BCUT2D eigenvalue weighted by Crippen LogP contribution is 2.34. The van der Waals surface area contributed by atoms with Crippen molar-refractivity contribution in [3.63, 3.8) is 0 Å². The second-order valence-corrected chi connectivity index (χ2v) is 7.02. The van der Waals surface area contributed by atoms with Crippen molar-refractivity contribution in [3.8, 4) is 5.69 Å². The van der Waals surface area contributed by atoms with E-state index in [1.54, 1.807) is 36.7 Å². The van der Waals surface area contributed by atoms with Crippen LogP contribution in [0.15, 0.2) is 60.9 Å². The summed E-state index contributed by atoms with van der Waals surface area (Å²) < 4.78 is 15.1. The second kappa shape index (κ2) is 7.38. The van der Waals surface area contributed by atoms with Crippen molar-refractivity contribution >= 4 is 5.91 Å². The fourth-order valence-corrected chi connectivity index (χ4v) is 3.79. The van der Waals surface area contributed by atoms with E-state index in [9.17, 15) is 9.18 Å². The first-order valence-electron chi connectivity index (χ1n) is 9.24. The molecule has 0 fully saturated rings. The maximum absolute atomic E-state index is 13.2. The number of benzene rings is 1. The number of nitrogens with one attached hydrogen (secondary N) is 1. The Kier molecular flexibility index (Phi) is 4.77. The number of hydrogen-bond donors (Lipinski definition) is 1. The van der Waals surface area contributed by atoms with Gasteiger partial charge in [-0.3, -0.25) is 9.78 Å². The number of aryl methyl sites for hydroxylation is 1. The summed E-state index contributed by atoms with van der Waals surface area (Å²) in [6, 6.07) is 9.78. The molecule has 0 bridgehead atoms. The number of aromatic nitrogens is 3. The van der Waals surface area contributed by atoms with Gasteiger partial charge in [0.2, 0.25) is 0 Å². The van der Waals surface area contributed by atoms with Gasteiger partial charge in [0, 0.05) is 35.6 Å². The van der Waals surface area contributed by atoms with E-state index in [-0.39, 0.29) is 23.7 Å². The smallest absolute Gasteiger partial charge is 0.253 e. The van der Waals surface area contributed by atoms with Crippen molar-refractivity contribution in [2.24, 2.45) is 0 Å². The maximum atomic E-state index is 13.2. The predicted molar refractivity (Wildman–Crippen MR) is 105 cm³/mol. The Morgan fingerprint density at radius 2 is 1.96 bits per heavy atom. The summed E-state index contributed by atoms with van der Waals surface area (Å²) in [6.45, 7) is 4.01. The van der Waals surface area contributed by atoms with Crippen LogP contribution in [0.1, 0.15) is 39.6 Å². The van der Waals surface area contributed by atoms with Crippen LogP contribution >= 0.6 is 0 Å². The standard InChI is InChI=1S/C22H21FN4O/c1-14-21(15(2)27(26-14)20-9-6-18(23)7-10-20)16-5-8-19(12-16)25-22(28)17-4-3-11-24-13-17/h3-11,13,16,19H,12H2,1-2H3,(H,25,28)/t16-,19-/m1/s1. The van der Waals surface area contributed by atoms with E-state index in [1.807, 2.05) is 24.6 Å². The number of halogens is 1. The van der Waals surface area contributed by atoms with Gasteiger partial charge in [0.1, 0.15) is 5.82 Å². The molecule has 1 aromatic carbocycles. The second-order valence-electron chi connectivity index (χ2n) is 7.02. The molecule has 0 saturated heterocycles. The van der Waals surface area contributed by atoms with Gasteiger partial charge in [-0.1, -0.05) is 12.2 Å². The summed E-state index contributed by atoms with van der Waals surface area (Å²) in [5.41, 5.74) is 4.50. The van der Waals surface area contributed by atoms with Crippen molar-refractivity contribution in [1.82, 2.24) is 20.1 Å². The number of carbonyl (C=O) groups excluding carboxylic acids is 1. The molecule has 0 radical (unpaired) electrons. The molecule has 0 unspecified atom stereocenters. The van der Waals surface area contributed by atoms with Crippen LogP contribution in [-0.2, 0) is 0 Å². The molecule has 1 N–H and O–H groups in total. The summed E-state index contributed by atoms with van der Waals surface area (Å²) in [4.78, 5) is 16.4. The van der Waals surface area contributed by atoms with Crippen LogP contribution in [0.25, 0.3) is 5.69 Å². The Morgan fingerprint density at radius 3 is 2.68 bits per heavy atom. The minimum atomic E-state index is -0.267. The van der Waals surface area contributed by atoms with Crippen LogP contribution in [0.5, 0.6) is 0 Å². The van der Waals surface area contributed by atoms with Gasteiger partial charge in [-0.2, -0.15) is 5.10 Å². The van der Waals surface area contributed by atoms with E-state index in [1.165, 1.54) is 12.1 Å². The zero-order valence-electron chi connectivity index (χ0n) is 15.8. The van der Waals surface area contributed by atoms with Gasteiger partial charge in [0.05, 0.1) is 16.9 Å². The molecule has 2 heterocycles. The molecule has 2 aromatic heterocycles. The highest BCUT2D eigenvalue weighted by molar-refractivity contribution is 5.94. The predicted octanol–water partition coefficient (Wildman–Crippen LogP) is 3.87. The largest absolute Gasteiger partial charge is 0.346 e. The summed E-state index contributed by atoms with van der Waals surface area (Å²) in [5, 5.41) is 7.70. The molecule has 0 aliphatic heterocycles. The van der Waals surface area contributed by atoms with E-state index < -0.39 is 0 Å². The molecule has 142 valence electrons. The SMILES string of the molecule is Cc1nn(-c2ccc(F)cc2)c(C)c1[C@@H]1C=C[C@@H](NC(=O)c2cccnc2)C1. The van der Waals surface area contributed by atoms with Crippen LogP contribution in [0.3, 0.4) is 0 Å². The van der Waals surface area contributed by atoms with E-state index in [4.69, 9.17) is 0 Å². The fourth-order valence-electron chi connectivity index (χ4n) is 3.79. The zero-order valence-corrected chi connectivity index (χ0v) is 15.8. The number of nitrogens with zero attached hydrogens (tertiary/aromatic N) is 3. The van der Waals surface area contributed by atoms with Crippen LogP contribution in [0.4, 0.5) is 4.39 Å². The summed E-state index contributed by atoms with van der Waals surface area (Å²) in [5.74, 6) is -0.219. The molecule has 0 saturated carbocycles. The highest BCUT2D eigenvalue weighted by atomic mass is 19.1. The van der Waals surface area contributed by atoms with Crippen molar-refractivity contribution in [1.29, 1.82) is 0 Å². The number of allylic oxidation sites excluding steroid dienone is 1. The maximum Gasteiger partial charge on any atom is 0.253 e. The lowest BCUT2D eigenvalue weighted by Crippen LogP contribution is -2.32. The van der Waals surface area contributed by atoms with E-state index >= 15 is 0 Å². The van der Waals surface area contributed by atoms with Crippen LogP contribution in [0.2, 0.25) is 0 Å². The molecule has 5 nitrogen and oxygen atoms in total. The van der Waals surface area contributed by atoms with Gasteiger partial charge in [0.25, 0.3) is 5.91 Å². The Labute approximate surface area is 162 Å². The summed E-state index contributed by atoms with van der Waals surface area (Å²) >= 11 is 0. The third kappa shape index (κ3) is 3.45. The average molecular weight is 376 g/mol. The number of hydrogen-bond acceptors (Lipinski definition) is 3. The van der Waals surface area contributed by atoms with E-state index in [0.717, 1.165) is 29.1 Å². The lowest BCUT2D eigenvalue weighted by molar-refractivity contribution is 0.0943. The third-order valence-corrected chi connectivity index (χ3v) is 5.11. The van der Waals surface area contributed by atoms with Crippen molar-refractivity contribution < 1.29 is 9.18 Å². The number of amides is 1. The van der Waals surface area contributed by atoms with Gasteiger partial charge in [-0.05, 0) is 56.7 Å². The molecule has 1 aliphatic rings. The molecular weight excluding hydrogens is 355 g/mol. The molecular formula is C22H21FN4O. The Balaban J connectivity index is 1.51. The monoisotopic (exact) mass is 376 g/mol. The van der Waals surface area contributed by atoms with Crippen LogP contribution in [-0.4, -0.2) is 26.7 Å². The summed E-state index contributed by atoms with van der Waals surface area (Å²) in [7, 11) is 0. The molecule has 1 aliphatic carbocycles. The van der Waals surface area contributed by atoms with E-state index in [0.29, 0.717) is 5.56 Å². The Bertz CT molecular complexity index is 1020. The first kappa shape index (κ1) is 18.1. The molecule has 1 amide bonds. The minimum Gasteiger partial charge on any atom is -0.346 e. The van der Waals surface area contributed by atoms with Gasteiger partial charge in [-0.15, -0.1) is 0 Å². The lowest BCUT2D eigenvalue weighted by Gasteiger charge is -2.15. The average Bonchev–Trinajstić information content (AvgIpc) is 3.26. The molecule has 28 heavy (non-hydrogen) atoms. The van der Waals surface area contributed by atoms with Crippen molar-refractivity contribution in [2.75, 3.05) is 0 Å². The Hall–Kier alpha value is -3.28. The van der Waals surface area contributed by atoms with Gasteiger partial charge < -0.3 is 5.32 Å². The Morgan fingerprint density at radius 1 is 1.18 bits per heavy atom. The highest BCUT2D eigenvalue weighted by Gasteiger charge is 2.27. The number of rotatable bonds is 4. The van der Waals surface area contributed by atoms with Crippen LogP contribution < -0.4 is 5.32 Å². The third-order valence-electron chi connectivity index (χ3n) is 5.11. The summed E-state index contributed by atoms with van der Waals surface area (Å²) in [6.07, 6.45) is 8.15. The van der Waals surface area contributed by atoms with Crippen molar-refractivity contribution in [3.05, 3.63) is 89.3 Å². The molecule has 0 spiro atoms. The van der Waals surface area contributed by atoms with E-state index in [2.05, 4.69) is 21.5 Å². The zero-order chi connectivity index (χ0) is 19.7. The van der Waals surface area contributed by atoms with Gasteiger partial charge in [-0.25, -0.2) is 9.07 Å². The van der Waals surface area contributed by atoms with Crippen LogP contribution in [0, 0.1) is 19.7 Å². The van der Waals surface area contributed by atoms with Crippen molar-refractivity contribution in [2.45, 2.75) is 32.2 Å². The van der Waals surface area contributed by atoms with Gasteiger partial charge in [0.15, 0.2) is 0 Å². The first-order valence-corrected chi connectivity index (χ1v) is 9.24. The van der Waals surface area contributed by atoms with Gasteiger partial charge >= 0.3 is 0 Å². The number of carbonyl (C=O) groups is 1. The fraction of sp³-hybridized carbons (Fsp3) is 0.227. The first-order chi connectivity index (χ1) is 13.5. The topological polar surface area (TPSA) is 59.8 Å². The quantitative estimate of drug-likeness (QED) is 0.704. The molecule has 4 rings (SSSR count). The number of pyridine rings is 1. The normalized spacial score (nSPS) is 18.4.